The highest BCUT2D eigenvalue weighted by atomic mass is 35.5. The van der Waals surface area contributed by atoms with Crippen molar-refractivity contribution in [1.82, 2.24) is 9.55 Å². The Morgan fingerprint density at radius 1 is 1.19 bits per heavy atom. The van der Waals surface area contributed by atoms with Crippen LogP contribution in [-0.4, -0.2) is 20.6 Å². The van der Waals surface area contributed by atoms with E-state index in [2.05, 4.69) is 4.98 Å². The van der Waals surface area contributed by atoms with Crippen LogP contribution in [0.25, 0.3) is 16.6 Å². The zero-order valence-corrected chi connectivity index (χ0v) is 18.2. The Balaban J connectivity index is 1.81. The monoisotopic (exact) mass is 476 g/mol. The van der Waals surface area contributed by atoms with Gasteiger partial charge in [-0.25, -0.2) is 14.2 Å². The fraction of sp³-hybridized carbons (Fsp3) is 0.0952. The normalized spacial score (nSPS) is 12.1. The number of nitrogens with zero attached hydrogens (tertiary/aromatic N) is 1. The van der Waals surface area contributed by atoms with Crippen LogP contribution in [0.1, 0.15) is 28.3 Å². The molecule has 2 heterocycles. The van der Waals surface area contributed by atoms with Crippen molar-refractivity contribution < 1.29 is 14.6 Å². The Bertz CT molecular complexity index is 1440. The number of aromatic nitrogens is 2. The van der Waals surface area contributed by atoms with Crippen molar-refractivity contribution in [2.75, 3.05) is 0 Å². The number of ether oxygens (including phenoxy) is 1. The standard InChI is InChI=1S/C21H14Cl2N2O5S/c1-10(11-3-2-4-12(22)7-11)30-13-5-6-14(23)16(8-13)25-19(26)17-15(24-21(25)29)9-31-18(17)20(27)28/h2-10H,1H3,(H,24,29)(H,27,28). The number of thiophene rings is 1. The third-order valence-corrected chi connectivity index (χ3v) is 6.16. The molecule has 0 bridgehead atoms. The SMILES string of the molecule is CC(Oc1ccc(Cl)c(-n2c(=O)[nH]c3csc(C(=O)O)c3c2=O)c1)c1cccc(Cl)c1. The summed E-state index contributed by atoms with van der Waals surface area (Å²) in [5.74, 6) is -0.892. The molecule has 0 amide bonds. The van der Waals surface area contributed by atoms with Crippen LogP contribution in [0.2, 0.25) is 10.0 Å². The average molecular weight is 477 g/mol. The maximum absolute atomic E-state index is 13.1. The van der Waals surface area contributed by atoms with Crippen molar-refractivity contribution in [3.8, 4) is 11.4 Å². The lowest BCUT2D eigenvalue weighted by Crippen LogP contribution is -2.34. The number of H-pyrrole nitrogens is 1. The van der Waals surface area contributed by atoms with Gasteiger partial charge < -0.3 is 14.8 Å². The Morgan fingerprint density at radius 2 is 1.97 bits per heavy atom. The molecule has 4 aromatic rings. The van der Waals surface area contributed by atoms with Gasteiger partial charge in [0.15, 0.2) is 0 Å². The maximum atomic E-state index is 13.1. The highest BCUT2D eigenvalue weighted by Gasteiger charge is 2.20. The van der Waals surface area contributed by atoms with Gasteiger partial charge in [0.1, 0.15) is 16.7 Å². The number of benzene rings is 2. The molecule has 0 radical (unpaired) electrons. The summed E-state index contributed by atoms with van der Waals surface area (Å²) in [4.78, 5) is 39.5. The number of rotatable bonds is 5. The van der Waals surface area contributed by atoms with Crippen molar-refractivity contribution in [2.45, 2.75) is 13.0 Å². The predicted octanol–water partition coefficient (Wildman–Crippen LogP) is 4.89. The molecule has 2 N–H and O–H groups in total. The number of carboxylic acid groups (broad SMARTS) is 1. The molecule has 31 heavy (non-hydrogen) atoms. The third-order valence-electron chi connectivity index (χ3n) is 4.64. The van der Waals surface area contributed by atoms with Crippen LogP contribution >= 0.6 is 34.5 Å². The number of carbonyl (C=O) groups is 1. The number of hydrogen-bond acceptors (Lipinski definition) is 5. The first-order chi connectivity index (χ1) is 14.8. The van der Waals surface area contributed by atoms with Crippen molar-refractivity contribution in [2.24, 2.45) is 0 Å². The summed E-state index contributed by atoms with van der Waals surface area (Å²) in [5, 5.41) is 11.4. The zero-order chi connectivity index (χ0) is 22.3. The minimum atomic E-state index is -1.26. The van der Waals surface area contributed by atoms with Gasteiger partial charge in [0, 0.05) is 16.5 Å². The number of carboxylic acids is 1. The van der Waals surface area contributed by atoms with E-state index in [0.717, 1.165) is 21.5 Å². The van der Waals surface area contributed by atoms with Crippen LogP contribution in [-0.2, 0) is 0 Å². The van der Waals surface area contributed by atoms with Crippen LogP contribution in [0, 0.1) is 0 Å². The van der Waals surface area contributed by atoms with Gasteiger partial charge in [0.2, 0.25) is 0 Å². The van der Waals surface area contributed by atoms with E-state index in [-0.39, 0.29) is 32.6 Å². The van der Waals surface area contributed by atoms with E-state index in [1.165, 1.54) is 17.5 Å². The quantitative estimate of drug-likeness (QED) is 0.427. The molecule has 0 aliphatic heterocycles. The highest BCUT2D eigenvalue weighted by Crippen LogP contribution is 2.29. The molecule has 0 saturated heterocycles. The first kappa shape index (κ1) is 21.2. The molecule has 2 aromatic carbocycles. The van der Waals surface area contributed by atoms with Gasteiger partial charge in [-0.2, -0.15) is 0 Å². The lowest BCUT2D eigenvalue weighted by Gasteiger charge is -2.17. The minimum absolute atomic E-state index is 0.0770. The zero-order valence-electron chi connectivity index (χ0n) is 15.9. The first-order valence-corrected chi connectivity index (χ1v) is 10.6. The summed E-state index contributed by atoms with van der Waals surface area (Å²) >= 11 is 13.2. The molecule has 2 aromatic heterocycles. The molecule has 0 aliphatic rings. The van der Waals surface area contributed by atoms with Gasteiger partial charge in [-0.3, -0.25) is 4.79 Å². The molecule has 158 valence electrons. The highest BCUT2D eigenvalue weighted by molar-refractivity contribution is 7.13. The van der Waals surface area contributed by atoms with Crippen LogP contribution < -0.4 is 16.0 Å². The van der Waals surface area contributed by atoms with Crippen molar-refractivity contribution in [1.29, 1.82) is 0 Å². The number of hydrogen-bond donors (Lipinski definition) is 2. The molecular weight excluding hydrogens is 463 g/mol. The summed E-state index contributed by atoms with van der Waals surface area (Å²) in [6, 6.07) is 11.8. The van der Waals surface area contributed by atoms with Gasteiger partial charge in [-0.05, 0) is 36.8 Å². The third kappa shape index (κ3) is 3.97. The smallest absolute Gasteiger partial charge is 0.346 e. The summed E-state index contributed by atoms with van der Waals surface area (Å²) < 4.78 is 6.76. The second-order valence-corrected chi connectivity index (χ2v) is 8.38. The summed E-state index contributed by atoms with van der Waals surface area (Å²) in [5.41, 5.74) is -0.446. The van der Waals surface area contributed by atoms with Gasteiger partial charge in [0.25, 0.3) is 5.56 Å². The predicted molar refractivity (Wildman–Crippen MR) is 121 cm³/mol. The molecule has 1 unspecified atom stereocenters. The van der Waals surface area contributed by atoms with Crippen LogP contribution in [0.15, 0.2) is 57.4 Å². The molecule has 7 nitrogen and oxygen atoms in total. The van der Waals surface area contributed by atoms with E-state index in [4.69, 9.17) is 27.9 Å². The number of nitrogens with one attached hydrogen (secondary N) is 1. The summed E-state index contributed by atoms with van der Waals surface area (Å²) in [6.45, 7) is 1.83. The molecule has 0 aliphatic carbocycles. The van der Waals surface area contributed by atoms with Crippen molar-refractivity contribution >= 4 is 51.4 Å². The Labute approximate surface area is 189 Å². The molecule has 10 heteroatoms. The molecule has 0 saturated carbocycles. The fourth-order valence-electron chi connectivity index (χ4n) is 3.18. The van der Waals surface area contributed by atoms with Crippen molar-refractivity contribution in [3.05, 3.63) is 89.2 Å². The van der Waals surface area contributed by atoms with E-state index in [0.29, 0.717) is 10.8 Å². The average Bonchev–Trinajstić information content (AvgIpc) is 3.14. The van der Waals surface area contributed by atoms with Crippen molar-refractivity contribution in [3.63, 3.8) is 0 Å². The number of halogens is 2. The van der Waals surface area contributed by atoms with Gasteiger partial charge in [0.05, 0.1) is 21.6 Å². The lowest BCUT2D eigenvalue weighted by atomic mass is 10.1. The minimum Gasteiger partial charge on any atom is -0.486 e. The Morgan fingerprint density at radius 3 is 2.68 bits per heavy atom. The van der Waals surface area contributed by atoms with E-state index >= 15 is 0 Å². The fourth-order valence-corrected chi connectivity index (χ4v) is 4.41. The Hall–Kier alpha value is -3.07. The van der Waals surface area contributed by atoms with Gasteiger partial charge in [-0.1, -0.05) is 35.3 Å². The van der Waals surface area contributed by atoms with Gasteiger partial charge >= 0.3 is 11.7 Å². The van der Waals surface area contributed by atoms with Crippen LogP contribution in [0.5, 0.6) is 5.75 Å². The molecule has 1 atom stereocenters. The molecule has 4 rings (SSSR count). The summed E-state index contributed by atoms with van der Waals surface area (Å²) in [7, 11) is 0. The number of aromatic carboxylic acids is 1. The molecule has 0 fully saturated rings. The number of fused-ring (bicyclic) bond motifs is 1. The first-order valence-electron chi connectivity index (χ1n) is 8.98. The Kier molecular flexibility index (Phi) is 5.62. The van der Waals surface area contributed by atoms with E-state index in [1.807, 2.05) is 13.0 Å². The topological polar surface area (TPSA) is 101 Å². The van der Waals surface area contributed by atoms with Crippen LogP contribution in [0.4, 0.5) is 0 Å². The maximum Gasteiger partial charge on any atom is 0.346 e. The van der Waals surface area contributed by atoms with E-state index < -0.39 is 17.2 Å². The lowest BCUT2D eigenvalue weighted by molar-refractivity contribution is 0.0704. The van der Waals surface area contributed by atoms with E-state index in [1.54, 1.807) is 24.3 Å². The van der Waals surface area contributed by atoms with Crippen LogP contribution in [0.3, 0.4) is 0 Å². The van der Waals surface area contributed by atoms with Gasteiger partial charge in [-0.15, -0.1) is 11.3 Å². The largest absolute Gasteiger partial charge is 0.486 e. The summed E-state index contributed by atoms with van der Waals surface area (Å²) in [6.07, 6.45) is -0.374. The second-order valence-electron chi connectivity index (χ2n) is 6.66. The molecule has 0 spiro atoms. The number of aromatic amines is 1. The molecular formula is C21H14Cl2N2O5S. The second kappa shape index (κ2) is 8.22. The van der Waals surface area contributed by atoms with E-state index in [9.17, 15) is 19.5 Å².